The van der Waals surface area contributed by atoms with Gasteiger partial charge in [-0.05, 0) is 37.8 Å². The molecule has 26 heavy (non-hydrogen) atoms. The van der Waals surface area contributed by atoms with Crippen LogP contribution < -0.4 is 5.32 Å². The number of benzene rings is 1. The molecule has 0 spiro atoms. The third kappa shape index (κ3) is 4.12. The van der Waals surface area contributed by atoms with E-state index in [0.717, 1.165) is 45.3 Å². The third-order valence-electron chi connectivity index (χ3n) is 5.54. The monoisotopic (exact) mass is 353 g/mol. The van der Waals surface area contributed by atoms with Gasteiger partial charge in [0.1, 0.15) is 0 Å². The smallest absolute Gasteiger partial charge is 0.273 e. The lowest BCUT2D eigenvalue weighted by atomic mass is 10.0. The number of likely N-dealkylation sites (tertiary alicyclic amines) is 1. The number of amides is 1. The van der Waals surface area contributed by atoms with Crippen molar-refractivity contribution in [3.63, 3.8) is 0 Å². The molecule has 6 nitrogen and oxygen atoms in total. The summed E-state index contributed by atoms with van der Waals surface area (Å²) < 4.78 is 1.89. The molecule has 4 rings (SSSR count). The Morgan fingerprint density at radius 1 is 1.12 bits per heavy atom. The molecular weight excluding hydrogens is 326 g/mol. The van der Waals surface area contributed by atoms with Gasteiger partial charge in [0.15, 0.2) is 5.69 Å². The fourth-order valence-corrected chi connectivity index (χ4v) is 4.12. The van der Waals surface area contributed by atoms with Crippen molar-refractivity contribution in [3.8, 4) is 0 Å². The van der Waals surface area contributed by atoms with Crippen molar-refractivity contribution in [3.05, 3.63) is 47.8 Å². The van der Waals surface area contributed by atoms with Crippen LogP contribution in [0.4, 0.5) is 0 Å². The third-order valence-corrected chi connectivity index (χ3v) is 5.54. The van der Waals surface area contributed by atoms with E-state index < -0.39 is 0 Å². The van der Waals surface area contributed by atoms with Crippen LogP contribution in [0.1, 0.15) is 60.6 Å². The van der Waals surface area contributed by atoms with Gasteiger partial charge in [-0.2, -0.15) is 0 Å². The lowest BCUT2D eigenvalue weighted by Gasteiger charge is -2.32. The number of carbonyl (C=O) groups is 1. The minimum atomic E-state index is -0.0832. The molecule has 1 aliphatic carbocycles. The van der Waals surface area contributed by atoms with Gasteiger partial charge in [-0.15, -0.1) is 5.10 Å². The van der Waals surface area contributed by atoms with Crippen molar-refractivity contribution in [1.29, 1.82) is 0 Å². The van der Waals surface area contributed by atoms with Crippen LogP contribution >= 0.6 is 0 Å². The Labute approximate surface area is 154 Å². The van der Waals surface area contributed by atoms with Gasteiger partial charge in [0.05, 0.1) is 12.2 Å². The molecule has 6 heteroatoms. The average molecular weight is 353 g/mol. The molecule has 2 fully saturated rings. The highest BCUT2D eigenvalue weighted by Gasteiger charge is 2.24. The van der Waals surface area contributed by atoms with E-state index in [9.17, 15) is 4.79 Å². The maximum absolute atomic E-state index is 12.4. The second-order valence-electron chi connectivity index (χ2n) is 7.56. The molecule has 2 heterocycles. The zero-order valence-electron chi connectivity index (χ0n) is 15.2. The molecule has 2 aromatic rings. The largest absolute Gasteiger partial charge is 0.348 e. The van der Waals surface area contributed by atoms with Crippen LogP contribution in [0, 0.1) is 0 Å². The van der Waals surface area contributed by atoms with E-state index in [1.54, 1.807) is 0 Å². The first-order chi connectivity index (χ1) is 12.8. The topological polar surface area (TPSA) is 63.1 Å². The first-order valence-corrected chi connectivity index (χ1v) is 9.77. The van der Waals surface area contributed by atoms with Crippen molar-refractivity contribution in [2.75, 3.05) is 13.1 Å². The predicted molar refractivity (Wildman–Crippen MR) is 99.7 cm³/mol. The Morgan fingerprint density at radius 2 is 1.92 bits per heavy atom. The highest BCUT2D eigenvalue weighted by molar-refractivity contribution is 5.92. The highest BCUT2D eigenvalue weighted by atomic mass is 16.2. The lowest BCUT2D eigenvalue weighted by molar-refractivity contribution is 0.0932. The fraction of sp³-hybridized carbons (Fsp3) is 0.550. The van der Waals surface area contributed by atoms with Crippen molar-refractivity contribution in [1.82, 2.24) is 25.2 Å². The van der Waals surface area contributed by atoms with E-state index in [1.807, 2.05) is 10.9 Å². The van der Waals surface area contributed by atoms with Gasteiger partial charge < -0.3 is 5.32 Å². The summed E-state index contributed by atoms with van der Waals surface area (Å²) in [5.41, 5.74) is 1.78. The van der Waals surface area contributed by atoms with Crippen LogP contribution in [0.3, 0.4) is 0 Å². The summed E-state index contributed by atoms with van der Waals surface area (Å²) in [7, 11) is 0. The summed E-state index contributed by atoms with van der Waals surface area (Å²) >= 11 is 0. The van der Waals surface area contributed by atoms with Gasteiger partial charge in [-0.1, -0.05) is 48.4 Å². The van der Waals surface area contributed by atoms with Crippen LogP contribution in [0.5, 0.6) is 0 Å². The van der Waals surface area contributed by atoms with E-state index in [4.69, 9.17) is 0 Å². The van der Waals surface area contributed by atoms with Crippen LogP contribution in [-0.4, -0.2) is 44.9 Å². The molecule has 1 unspecified atom stereocenters. The van der Waals surface area contributed by atoms with Crippen LogP contribution in [0.2, 0.25) is 0 Å². The fourth-order valence-electron chi connectivity index (χ4n) is 4.12. The molecule has 1 aromatic carbocycles. The van der Waals surface area contributed by atoms with Gasteiger partial charge in [-0.25, -0.2) is 4.68 Å². The Kier molecular flexibility index (Phi) is 5.29. The van der Waals surface area contributed by atoms with Gasteiger partial charge in [0.2, 0.25) is 0 Å². The van der Waals surface area contributed by atoms with Crippen molar-refractivity contribution < 1.29 is 4.79 Å². The maximum Gasteiger partial charge on any atom is 0.273 e. The van der Waals surface area contributed by atoms with Crippen LogP contribution in [0.25, 0.3) is 0 Å². The molecule has 1 saturated carbocycles. The Hall–Kier alpha value is -2.21. The molecular formula is C20H27N5O. The Bertz CT molecular complexity index is 723. The minimum Gasteiger partial charge on any atom is -0.348 e. The second kappa shape index (κ2) is 7.99. The predicted octanol–water partition coefficient (Wildman–Crippen LogP) is 2.79. The zero-order chi connectivity index (χ0) is 17.8. The first-order valence-electron chi connectivity index (χ1n) is 9.77. The van der Waals surface area contributed by atoms with Gasteiger partial charge >= 0.3 is 0 Å². The first kappa shape index (κ1) is 17.2. The number of piperidine rings is 1. The number of aromatic nitrogens is 3. The lowest BCUT2D eigenvalue weighted by Crippen LogP contribution is -2.36. The summed E-state index contributed by atoms with van der Waals surface area (Å²) in [5, 5.41) is 11.5. The number of rotatable bonds is 5. The molecule has 2 aliphatic rings. The SMILES string of the molecule is O=C(NC1CCCC1)c1cn(C2CCCN(Cc3ccccc3)C2)nn1. The second-order valence-corrected chi connectivity index (χ2v) is 7.56. The van der Waals surface area contributed by atoms with E-state index >= 15 is 0 Å². The molecule has 1 amide bonds. The Morgan fingerprint density at radius 3 is 2.73 bits per heavy atom. The van der Waals surface area contributed by atoms with Crippen LogP contribution in [0.15, 0.2) is 36.5 Å². The van der Waals surface area contributed by atoms with Gasteiger partial charge in [-0.3, -0.25) is 9.69 Å². The van der Waals surface area contributed by atoms with E-state index in [1.165, 1.54) is 18.4 Å². The molecule has 1 atom stereocenters. The molecule has 1 aliphatic heterocycles. The molecule has 1 saturated heterocycles. The molecule has 0 radical (unpaired) electrons. The standard InChI is InChI=1S/C20H27N5O/c26-20(21-17-9-4-5-10-17)19-15-25(23-22-19)18-11-6-12-24(14-18)13-16-7-2-1-3-8-16/h1-3,7-8,15,17-18H,4-6,9-14H2,(H,21,26). The number of hydrogen-bond acceptors (Lipinski definition) is 4. The summed E-state index contributed by atoms with van der Waals surface area (Å²) in [6.07, 6.45) is 8.61. The van der Waals surface area contributed by atoms with E-state index in [-0.39, 0.29) is 11.9 Å². The van der Waals surface area contributed by atoms with Crippen molar-refractivity contribution in [2.24, 2.45) is 0 Å². The summed E-state index contributed by atoms with van der Waals surface area (Å²) in [5.74, 6) is -0.0832. The normalized spacial score (nSPS) is 21.8. The molecule has 1 N–H and O–H groups in total. The average Bonchev–Trinajstić information content (AvgIpc) is 3.35. The zero-order valence-corrected chi connectivity index (χ0v) is 15.2. The Balaban J connectivity index is 1.36. The summed E-state index contributed by atoms with van der Waals surface area (Å²) in [4.78, 5) is 14.8. The number of carbonyl (C=O) groups excluding carboxylic acids is 1. The van der Waals surface area contributed by atoms with Crippen molar-refractivity contribution >= 4 is 5.91 Å². The minimum absolute atomic E-state index is 0.0832. The number of nitrogens with one attached hydrogen (secondary N) is 1. The van der Waals surface area contributed by atoms with Crippen LogP contribution in [-0.2, 0) is 6.54 Å². The van der Waals surface area contributed by atoms with E-state index in [0.29, 0.717) is 11.7 Å². The van der Waals surface area contributed by atoms with Gasteiger partial charge in [0.25, 0.3) is 5.91 Å². The molecule has 1 aromatic heterocycles. The highest BCUT2D eigenvalue weighted by Crippen LogP contribution is 2.22. The molecule has 0 bridgehead atoms. The van der Waals surface area contributed by atoms with E-state index in [2.05, 4.69) is 50.9 Å². The molecule has 138 valence electrons. The summed E-state index contributed by atoms with van der Waals surface area (Å²) in [6, 6.07) is 11.2. The number of hydrogen-bond donors (Lipinski definition) is 1. The van der Waals surface area contributed by atoms with Gasteiger partial charge in [0, 0.05) is 19.1 Å². The number of nitrogens with zero attached hydrogens (tertiary/aromatic N) is 4. The summed E-state index contributed by atoms with van der Waals surface area (Å²) in [6.45, 7) is 3.01. The van der Waals surface area contributed by atoms with Crippen molar-refractivity contribution in [2.45, 2.75) is 57.2 Å². The quantitative estimate of drug-likeness (QED) is 0.898. The maximum atomic E-state index is 12.4.